The maximum absolute atomic E-state index is 14.8. The molecule has 5 aromatic rings. The highest BCUT2D eigenvalue weighted by Crippen LogP contribution is 2.38. The number of benzene rings is 3. The van der Waals surface area contributed by atoms with Gasteiger partial charge in [-0.25, -0.2) is 13.2 Å². The van der Waals surface area contributed by atoms with E-state index in [1.165, 1.54) is 24.1 Å². The Morgan fingerprint density at radius 1 is 1.07 bits per heavy atom. The molecule has 2 aromatic heterocycles. The minimum Gasteiger partial charge on any atom is -0.361 e. The van der Waals surface area contributed by atoms with Crippen LogP contribution in [0.4, 0.5) is 13.2 Å². The second-order valence-electron chi connectivity index (χ2n) is 10.0. The Kier molecular flexibility index (Phi) is 6.13. The zero-order valence-electron chi connectivity index (χ0n) is 22.0. The monoisotopic (exact) mass is 546 g/mol. The van der Waals surface area contributed by atoms with Gasteiger partial charge in [-0.3, -0.25) is 9.59 Å². The number of nitrogens with one attached hydrogen (secondary N) is 1. The normalized spacial score (nSPS) is 13.7. The average molecular weight is 547 g/mol. The van der Waals surface area contributed by atoms with Crippen LogP contribution in [0.2, 0.25) is 0 Å². The van der Waals surface area contributed by atoms with Crippen molar-refractivity contribution in [1.82, 2.24) is 19.9 Å². The lowest BCUT2D eigenvalue weighted by atomic mass is 9.96. The largest absolute Gasteiger partial charge is 0.361 e. The number of hydrogen-bond acceptors (Lipinski definition) is 4. The quantitative estimate of drug-likeness (QED) is 0.314. The minimum absolute atomic E-state index is 0.0295. The smallest absolute Gasteiger partial charge is 0.254 e. The first kappa shape index (κ1) is 25.7. The topological polar surface area (TPSA) is 80.4 Å². The van der Waals surface area contributed by atoms with Gasteiger partial charge in [0, 0.05) is 45.6 Å². The first-order chi connectivity index (χ1) is 19.2. The Morgan fingerprint density at radius 3 is 2.52 bits per heavy atom. The van der Waals surface area contributed by atoms with Gasteiger partial charge >= 0.3 is 0 Å². The van der Waals surface area contributed by atoms with Crippen molar-refractivity contribution in [3.63, 3.8) is 0 Å². The molecule has 3 heterocycles. The van der Waals surface area contributed by atoms with Gasteiger partial charge in [0.05, 0.1) is 30.8 Å². The number of carbonyl (C=O) groups is 2. The Hall–Kier alpha value is -4.60. The highest BCUT2D eigenvalue weighted by molar-refractivity contribution is 6.20. The van der Waals surface area contributed by atoms with E-state index in [4.69, 9.17) is 4.52 Å². The molecule has 40 heavy (non-hydrogen) atoms. The van der Waals surface area contributed by atoms with Crippen LogP contribution in [0.5, 0.6) is 0 Å². The number of nitrogens with zero attached hydrogens (tertiary/aromatic N) is 3. The van der Waals surface area contributed by atoms with E-state index < -0.39 is 17.8 Å². The van der Waals surface area contributed by atoms with E-state index in [9.17, 15) is 22.8 Å². The van der Waals surface area contributed by atoms with E-state index in [1.54, 1.807) is 42.7 Å². The maximum Gasteiger partial charge on any atom is 0.254 e. The molecule has 0 saturated carbocycles. The van der Waals surface area contributed by atoms with Gasteiger partial charge in [0.1, 0.15) is 11.9 Å². The third-order valence-electron chi connectivity index (χ3n) is 7.49. The molecule has 0 unspecified atom stereocenters. The predicted molar refractivity (Wildman–Crippen MR) is 144 cm³/mol. The second-order valence-corrected chi connectivity index (χ2v) is 10.0. The number of halogens is 3. The number of amides is 2. The summed E-state index contributed by atoms with van der Waals surface area (Å²) in [6, 6.07) is 12.6. The van der Waals surface area contributed by atoms with Crippen LogP contribution < -0.4 is 5.32 Å². The Labute approximate surface area is 227 Å². The molecule has 1 aliphatic heterocycles. The Morgan fingerprint density at radius 2 is 1.85 bits per heavy atom. The van der Waals surface area contributed by atoms with E-state index in [1.807, 2.05) is 6.07 Å². The van der Waals surface area contributed by atoms with Gasteiger partial charge in [-0.1, -0.05) is 17.3 Å². The highest BCUT2D eigenvalue weighted by Gasteiger charge is 2.31. The summed E-state index contributed by atoms with van der Waals surface area (Å²) in [5.74, 6) is -2.05. The van der Waals surface area contributed by atoms with Crippen molar-refractivity contribution >= 4 is 33.6 Å². The van der Waals surface area contributed by atoms with E-state index >= 15 is 0 Å². The molecule has 204 valence electrons. The molecule has 1 N–H and O–H groups in total. The molecule has 0 spiro atoms. The van der Waals surface area contributed by atoms with E-state index in [-0.39, 0.29) is 37.0 Å². The second kappa shape index (κ2) is 9.55. The summed E-state index contributed by atoms with van der Waals surface area (Å²) in [5, 5.41) is 7.85. The van der Waals surface area contributed by atoms with Crippen LogP contribution in [-0.2, 0) is 6.54 Å². The fourth-order valence-electron chi connectivity index (χ4n) is 5.49. The number of aromatic nitrogens is 2. The summed E-state index contributed by atoms with van der Waals surface area (Å²) in [7, 11) is 1.52. The first-order valence-electron chi connectivity index (χ1n) is 12.8. The number of likely N-dealkylation sites (tertiary alicyclic amines) is 1. The number of hydrogen-bond donors (Lipinski definition) is 1. The number of fused-ring (bicyclic) bond motifs is 3. The molecule has 2 amide bonds. The summed E-state index contributed by atoms with van der Waals surface area (Å²) in [4.78, 5) is 27.7. The maximum atomic E-state index is 14.8. The third kappa shape index (κ3) is 4.02. The number of carbonyl (C=O) groups excluding carboxylic acids is 2. The molecule has 7 nitrogen and oxygen atoms in total. The van der Waals surface area contributed by atoms with Gasteiger partial charge in [0.15, 0.2) is 11.6 Å². The van der Waals surface area contributed by atoms with Crippen molar-refractivity contribution < 1.29 is 27.3 Å². The van der Waals surface area contributed by atoms with Gasteiger partial charge in [-0.2, -0.15) is 0 Å². The van der Waals surface area contributed by atoms with Gasteiger partial charge in [0.25, 0.3) is 11.8 Å². The number of alkyl halides is 1. The van der Waals surface area contributed by atoms with Gasteiger partial charge in [-0.05, 0) is 55.8 Å². The van der Waals surface area contributed by atoms with Crippen LogP contribution in [0, 0.1) is 25.5 Å². The molecular formula is C30H25F3N4O3. The fraction of sp³-hybridized carbons (Fsp3) is 0.233. The van der Waals surface area contributed by atoms with E-state index in [0.29, 0.717) is 50.0 Å². The number of aryl methyl sites for hydroxylation is 2. The van der Waals surface area contributed by atoms with Gasteiger partial charge in [0.2, 0.25) is 0 Å². The molecule has 6 rings (SSSR count). The Balaban J connectivity index is 1.66. The van der Waals surface area contributed by atoms with Crippen molar-refractivity contribution in [3.8, 4) is 11.1 Å². The minimum atomic E-state index is -1.04. The molecule has 0 aliphatic carbocycles. The van der Waals surface area contributed by atoms with Crippen LogP contribution in [-0.4, -0.2) is 52.7 Å². The fourth-order valence-corrected chi connectivity index (χ4v) is 5.49. The predicted octanol–water partition coefficient (Wildman–Crippen LogP) is 5.55. The molecule has 1 saturated heterocycles. The van der Waals surface area contributed by atoms with E-state index in [2.05, 4.69) is 10.5 Å². The van der Waals surface area contributed by atoms with Crippen LogP contribution in [0.15, 0.2) is 53.1 Å². The summed E-state index contributed by atoms with van der Waals surface area (Å²) in [6.07, 6.45) is -1.04. The van der Waals surface area contributed by atoms with Crippen LogP contribution in [0.3, 0.4) is 0 Å². The van der Waals surface area contributed by atoms with Crippen LogP contribution in [0.25, 0.3) is 32.9 Å². The molecular weight excluding hydrogens is 521 g/mol. The highest BCUT2D eigenvalue weighted by atomic mass is 19.2. The molecule has 0 radical (unpaired) electrons. The molecule has 0 atom stereocenters. The molecule has 1 aliphatic rings. The zero-order chi connectivity index (χ0) is 28.3. The van der Waals surface area contributed by atoms with Crippen LogP contribution >= 0.6 is 0 Å². The van der Waals surface area contributed by atoms with Crippen molar-refractivity contribution in [2.24, 2.45) is 0 Å². The van der Waals surface area contributed by atoms with Crippen molar-refractivity contribution in [1.29, 1.82) is 0 Å². The number of rotatable bonds is 5. The van der Waals surface area contributed by atoms with Crippen molar-refractivity contribution in [3.05, 3.63) is 88.3 Å². The zero-order valence-corrected chi connectivity index (χ0v) is 22.0. The third-order valence-corrected chi connectivity index (χ3v) is 7.49. The average Bonchev–Trinajstić information content (AvgIpc) is 3.43. The lowest BCUT2D eigenvalue weighted by Gasteiger charge is -2.34. The summed E-state index contributed by atoms with van der Waals surface area (Å²) in [6.45, 7) is 3.59. The van der Waals surface area contributed by atoms with Crippen LogP contribution in [0.1, 0.15) is 37.7 Å². The lowest BCUT2D eigenvalue weighted by molar-refractivity contribution is 0.0400. The van der Waals surface area contributed by atoms with Gasteiger partial charge < -0.3 is 19.3 Å². The van der Waals surface area contributed by atoms with E-state index in [0.717, 1.165) is 11.6 Å². The Bertz CT molecular complexity index is 1820. The summed E-state index contributed by atoms with van der Waals surface area (Å²) in [5.41, 5.74) is 4.00. The van der Waals surface area contributed by atoms with Crippen molar-refractivity contribution in [2.75, 3.05) is 20.1 Å². The molecule has 0 bridgehead atoms. The van der Waals surface area contributed by atoms with Gasteiger partial charge in [-0.15, -0.1) is 0 Å². The SMILES string of the molecule is CNC(=O)c1cc(-c2c(C)noc2C)cc2c1c1cc(C(=O)N3CC(F)C3)ccc1n2Cc1cccc(F)c1F. The summed E-state index contributed by atoms with van der Waals surface area (Å²) < 4.78 is 49.6. The standard InChI is InChI=1S/C30H25F3N4O3/c1-15-26(16(2)40-35-15)19-10-22(29(38)34-3)27-21-9-17(30(39)36-13-20(31)14-36)7-8-24(21)37(25(27)11-19)12-18-5-4-6-23(32)28(18)33/h4-11,20H,12-14H2,1-3H3,(H,34,38). The molecule has 1 fully saturated rings. The van der Waals surface area contributed by atoms with Crippen molar-refractivity contribution in [2.45, 2.75) is 26.6 Å². The molecule has 10 heteroatoms. The first-order valence-corrected chi connectivity index (χ1v) is 12.8. The lowest BCUT2D eigenvalue weighted by Crippen LogP contribution is -2.51. The molecule has 3 aromatic carbocycles. The summed E-state index contributed by atoms with van der Waals surface area (Å²) >= 11 is 0.